The Morgan fingerprint density at radius 1 is 1.27 bits per heavy atom. The quantitative estimate of drug-likeness (QED) is 0.721. The normalized spacial score (nSPS) is 16.7. The van der Waals surface area contributed by atoms with Crippen molar-refractivity contribution in [1.82, 2.24) is 15.5 Å². The molecule has 0 aliphatic carbocycles. The largest absolute Gasteiger partial charge is 0.416 e. The van der Waals surface area contributed by atoms with E-state index in [9.17, 15) is 22.4 Å². The van der Waals surface area contributed by atoms with Gasteiger partial charge in [-0.05, 0) is 69.6 Å². The minimum Gasteiger partial charge on any atom is -0.351 e. The molecule has 1 saturated heterocycles. The molecule has 0 spiro atoms. The van der Waals surface area contributed by atoms with E-state index in [0.29, 0.717) is 12.0 Å². The number of amides is 1. The van der Waals surface area contributed by atoms with Gasteiger partial charge in [0, 0.05) is 6.54 Å². The van der Waals surface area contributed by atoms with Gasteiger partial charge >= 0.3 is 6.18 Å². The Hall–Kier alpha value is -1.67. The van der Waals surface area contributed by atoms with Crippen LogP contribution in [0.25, 0.3) is 0 Å². The van der Waals surface area contributed by atoms with Crippen LogP contribution in [0.5, 0.6) is 0 Å². The summed E-state index contributed by atoms with van der Waals surface area (Å²) in [7, 11) is 1.92. The van der Waals surface area contributed by atoms with Crippen molar-refractivity contribution in [2.24, 2.45) is 5.92 Å². The molecule has 2 rings (SSSR count). The predicted molar refractivity (Wildman–Crippen MR) is 91.0 cm³/mol. The van der Waals surface area contributed by atoms with E-state index < -0.39 is 17.6 Å². The zero-order valence-corrected chi connectivity index (χ0v) is 14.8. The summed E-state index contributed by atoms with van der Waals surface area (Å²) in [5.74, 6) is -0.625. The minimum absolute atomic E-state index is 0.141. The van der Waals surface area contributed by atoms with E-state index in [1.165, 1.54) is 0 Å². The van der Waals surface area contributed by atoms with Crippen LogP contribution in [0.1, 0.15) is 30.4 Å². The fourth-order valence-electron chi connectivity index (χ4n) is 3.20. The first kappa shape index (κ1) is 20.6. The lowest BCUT2D eigenvalue weighted by Crippen LogP contribution is -2.41. The van der Waals surface area contributed by atoms with Crippen molar-refractivity contribution >= 4 is 5.91 Å². The summed E-state index contributed by atoms with van der Waals surface area (Å²) < 4.78 is 52.0. The summed E-state index contributed by atoms with van der Waals surface area (Å²) in [5.41, 5.74) is -1.19. The van der Waals surface area contributed by atoms with E-state index in [1.807, 2.05) is 11.9 Å². The Labute approximate surface area is 150 Å². The molecule has 1 aliphatic rings. The number of rotatable bonds is 7. The molecule has 1 amide bonds. The van der Waals surface area contributed by atoms with E-state index in [0.717, 1.165) is 51.0 Å². The molecule has 0 bridgehead atoms. The molecule has 1 aromatic rings. The highest BCUT2D eigenvalue weighted by atomic mass is 19.4. The lowest BCUT2D eigenvalue weighted by Gasteiger charge is -2.31. The van der Waals surface area contributed by atoms with Crippen LogP contribution in [0, 0.1) is 11.7 Å². The van der Waals surface area contributed by atoms with Crippen LogP contribution in [-0.2, 0) is 17.5 Å². The van der Waals surface area contributed by atoms with E-state index in [2.05, 4.69) is 10.6 Å². The lowest BCUT2D eigenvalue weighted by atomic mass is 9.93. The molecule has 1 aromatic carbocycles. The number of nitrogens with one attached hydrogen (secondary N) is 2. The fraction of sp³-hybridized carbons (Fsp3) is 0.611. The molecule has 0 atom stereocenters. The molecule has 146 valence electrons. The number of carbonyl (C=O) groups is 1. The highest BCUT2D eigenvalue weighted by Crippen LogP contribution is 2.32. The van der Waals surface area contributed by atoms with Gasteiger partial charge in [-0.2, -0.15) is 13.2 Å². The third-order valence-corrected chi connectivity index (χ3v) is 4.73. The van der Waals surface area contributed by atoms with Crippen molar-refractivity contribution in [3.8, 4) is 0 Å². The highest BCUT2D eigenvalue weighted by Gasteiger charge is 2.33. The summed E-state index contributed by atoms with van der Waals surface area (Å²) >= 11 is 0. The molecule has 26 heavy (non-hydrogen) atoms. The lowest BCUT2D eigenvalue weighted by molar-refractivity contribution is -0.138. The molecular weight excluding hydrogens is 350 g/mol. The van der Waals surface area contributed by atoms with E-state index in [-0.39, 0.29) is 24.6 Å². The summed E-state index contributed by atoms with van der Waals surface area (Å²) in [6, 6.07) is 2.48. The van der Waals surface area contributed by atoms with Crippen molar-refractivity contribution < 1.29 is 22.4 Å². The van der Waals surface area contributed by atoms with Gasteiger partial charge in [-0.15, -0.1) is 0 Å². The minimum atomic E-state index is -4.66. The van der Waals surface area contributed by atoms with Crippen LogP contribution in [-0.4, -0.2) is 44.0 Å². The van der Waals surface area contributed by atoms with Crippen molar-refractivity contribution in [1.29, 1.82) is 0 Å². The van der Waals surface area contributed by atoms with Crippen molar-refractivity contribution in [3.05, 3.63) is 35.1 Å². The third kappa shape index (κ3) is 6.25. The van der Waals surface area contributed by atoms with Crippen molar-refractivity contribution in [2.75, 3.05) is 33.2 Å². The van der Waals surface area contributed by atoms with Gasteiger partial charge in [0.15, 0.2) is 0 Å². The maximum Gasteiger partial charge on any atom is 0.416 e. The SMILES string of the molecule is CNCCC1CCN(CC(=O)NCc2ccc(F)cc2C(F)(F)F)CC1. The van der Waals surface area contributed by atoms with Gasteiger partial charge in [-0.1, -0.05) is 6.07 Å². The van der Waals surface area contributed by atoms with E-state index in [4.69, 9.17) is 0 Å². The number of carbonyl (C=O) groups excluding carboxylic acids is 1. The van der Waals surface area contributed by atoms with Crippen LogP contribution in [0.2, 0.25) is 0 Å². The average Bonchev–Trinajstić information content (AvgIpc) is 2.59. The second-order valence-corrected chi connectivity index (χ2v) is 6.69. The van der Waals surface area contributed by atoms with Crippen molar-refractivity contribution in [3.63, 3.8) is 0 Å². The van der Waals surface area contributed by atoms with Crippen molar-refractivity contribution in [2.45, 2.75) is 32.0 Å². The Bertz CT molecular complexity index is 599. The summed E-state index contributed by atoms with van der Waals surface area (Å²) in [6.07, 6.45) is -1.50. The standard InChI is InChI=1S/C18H25F4N3O/c1-23-7-4-13-5-8-25(9-6-13)12-17(26)24-11-14-2-3-15(19)10-16(14)18(20,21)22/h2-3,10,13,23H,4-9,11-12H2,1H3,(H,24,26). The molecule has 0 unspecified atom stereocenters. The monoisotopic (exact) mass is 375 g/mol. The number of alkyl halides is 3. The first-order chi connectivity index (χ1) is 12.3. The second-order valence-electron chi connectivity index (χ2n) is 6.69. The number of nitrogens with zero attached hydrogens (tertiary/aromatic N) is 1. The summed E-state index contributed by atoms with van der Waals surface area (Å²) in [5, 5.41) is 5.64. The van der Waals surface area contributed by atoms with Gasteiger partial charge in [0.2, 0.25) is 5.91 Å². The first-order valence-electron chi connectivity index (χ1n) is 8.79. The number of hydrogen-bond donors (Lipinski definition) is 2. The Morgan fingerprint density at radius 2 is 1.96 bits per heavy atom. The molecule has 8 heteroatoms. The van der Waals surface area contributed by atoms with Gasteiger partial charge < -0.3 is 10.6 Å². The molecule has 1 fully saturated rings. The van der Waals surface area contributed by atoms with Crippen LogP contribution >= 0.6 is 0 Å². The average molecular weight is 375 g/mol. The Kier molecular flexibility index (Phi) is 7.40. The van der Waals surface area contributed by atoms with Gasteiger partial charge in [0.1, 0.15) is 5.82 Å². The highest BCUT2D eigenvalue weighted by molar-refractivity contribution is 5.78. The molecule has 0 saturated carbocycles. The Balaban J connectivity index is 1.81. The van der Waals surface area contributed by atoms with E-state index >= 15 is 0 Å². The van der Waals surface area contributed by atoms with Crippen LogP contribution in [0.3, 0.4) is 0 Å². The number of benzene rings is 1. The van der Waals surface area contributed by atoms with Crippen LogP contribution in [0.15, 0.2) is 18.2 Å². The Morgan fingerprint density at radius 3 is 2.58 bits per heavy atom. The summed E-state index contributed by atoms with van der Waals surface area (Å²) in [4.78, 5) is 14.1. The fourth-order valence-corrected chi connectivity index (χ4v) is 3.20. The van der Waals surface area contributed by atoms with Gasteiger partial charge in [0.05, 0.1) is 12.1 Å². The molecule has 0 radical (unpaired) electrons. The van der Waals surface area contributed by atoms with Gasteiger partial charge in [-0.3, -0.25) is 9.69 Å². The number of likely N-dealkylation sites (tertiary alicyclic amines) is 1. The van der Waals surface area contributed by atoms with Gasteiger partial charge in [-0.25, -0.2) is 4.39 Å². The second kappa shape index (κ2) is 9.32. The number of piperidine rings is 1. The zero-order valence-electron chi connectivity index (χ0n) is 14.8. The molecular formula is C18H25F4N3O. The maximum absolute atomic E-state index is 13.1. The third-order valence-electron chi connectivity index (χ3n) is 4.73. The predicted octanol–water partition coefficient (Wildman–Crippen LogP) is 2.78. The van der Waals surface area contributed by atoms with Crippen LogP contribution in [0.4, 0.5) is 17.6 Å². The van der Waals surface area contributed by atoms with E-state index in [1.54, 1.807) is 0 Å². The molecule has 0 aromatic heterocycles. The molecule has 4 nitrogen and oxygen atoms in total. The van der Waals surface area contributed by atoms with Crippen LogP contribution < -0.4 is 10.6 Å². The smallest absolute Gasteiger partial charge is 0.351 e. The zero-order chi connectivity index (χ0) is 19.2. The summed E-state index contributed by atoms with van der Waals surface area (Å²) in [6.45, 7) is 2.50. The molecule has 1 heterocycles. The number of halogens is 4. The first-order valence-corrected chi connectivity index (χ1v) is 8.79. The maximum atomic E-state index is 13.1. The topological polar surface area (TPSA) is 44.4 Å². The number of hydrogen-bond acceptors (Lipinski definition) is 3. The molecule has 2 N–H and O–H groups in total. The molecule has 1 aliphatic heterocycles. The van der Waals surface area contributed by atoms with Gasteiger partial charge in [0.25, 0.3) is 0 Å².